The highest BCUT2D eigenvalue weighted by atomic mass is 16.5. The van der Waals surface area contributed by atoms with E-state index in [1.165, 1.54) is 0 Å². The first-order valence-corrected chi connectivity index (χ1v) is 6.39. The normalized spacial score (nSPS) is 21.4. The Morgan fingerprint density at radius 2 is 2.28 bits per heavy atom. The molecular formula is C14H21NO3. The molecule has 1 aliphatic heterocycles. The van der Waals surface area contributed by atoms with Gasteiger partial charge < -0.3 is 19.9 Å². The molecule has 0 saturated carbocycles. The van der Waals surface area contributed by atoms with Gasteiger partial charge >= 0.3 is 0 Å². The van der Waals surface area contributed by atoms with Crippen molar-refractivity contribution in [2.45, 2.75) is 31.9 Å². The Morgan fingerprint density at radius 3 is 2.89 bits per heavy atom. The van der Waals surface area contributed by atoms with E-state index in [0.29, 0.717) is 6.61 Å². The average Bonchev–Trinajstić information content (AvgIpc) is 2.40. The van der Waals surface area contributed by atoms with Crippen LogP contribution in [0.5, 0.6) is 11.5 Å². The molecule has 2 unspecified atom stereocenters. The van der Waals surface area contributed by atoms with Gasteiger partial charge in [-0.15, -0.1) is 0 Å². The second kappa shape index (κ2) is 6.07. The van der Waals surface area contributed by atoms with Gasteiger partial charge in [0.15, 0.2) is 11.5 Å². The highest BCUT2D eigenvalue weighted by Crippen LogP contribution is 2.35. The molecule has 100 valence electrons. The third kappa shape index (κ3) is 2.94. The van der Waals surface area contributed by atoms with Crippen LogP contribution in [0, 0.1) is 0 Å². The summed E-state index contributed by atoms with van der Waals surface area (Å²) in [5.41, 5.74) is 6.95. The lowest BCUT2D eigenvalue weighted by Crippen LogP contribution is -2.28. The molecule has 4 heteroatoms. The van der Waals surface area contributed by atoms with Gasteiger partial charge in [-0.2, -0.15) is 0 Å². The van der Waals surface area contributed by atoms with Crippen LogP contribution in [0.25, 0.3) is 0 Å². The van der Waals surface area contributed by atoms with Crippen LogP contribution in [-0.4, -0.2) is 26.4 Å². The van der Waals surface area contributed by atoms with E-state index in [4.69, 9.17) is 19.9 Å². The van der Waals surface area contributed by atoms with Crippen molar-refractivity contribution in [3.05, 3.63) is 23.8 Å². The molecule has 1 aliphatic rings. The van der Waals surface area contributed by atoms with E-state index in [1.54, 1.807) is 7.11 Å². The summed E-state index contributed by atoms with van der Waals surface area (Å²) in [6, 6.07) is 5.72. The van der Waals surface area contributed by atoms with Gasteiger partial charge in [0.05, 0.1) is 13.7 Å². The Morgan fingerprint density at radius 1 is 1.44 bits per heavy atom. The minimum Gasteiger partial charge on any atom is -0.493 e. The second-order valence-corrected chi connectivity index (χ2v) is 4.62. The molecule has 2 N–H and O–H groups in total. The number of nitrogens with two attached hydrogens (primary N) is 1. The predicted octanol–water partition coefficient (Wildman–Crippen LogP) is 2.27. The molecule has 18 heavy (non-hydrogen) atoms. The van der Waals surface area contributed by atoms with Gasteiger partial charge in [-0.25, -0.2) is 0 Å². The number of para-hydroxylation sites is 1. The Bertz CT molecular complexity index is 387. The van der Waals surface area contributed by atoms with E-state index in [0.717, 1.165) is 36.5 Å². The first-order chi connectivity index (χ1) is 8.72. The summed E-state index contributed by atoms with van der Waals surface area (Å²) in [7, 11) is 1.64. The maximum atomic E-state index is 6.04. The zero-order valence-corrected chi connectivity index (χ0v) is 11.0. The summed E-state index contributed by atoms with van der Waals surface area (Å²) in [5, 5.41) is 0. The van der Waals surface area contributed by atoms with Crippen molar-refractivity contribution < 1.29 is 14.2 Å². The summed E-state index contributed by atoms with van der Waals surface area (Å²) in [6.07, 6.45) is 2.14. The van der Waals surface area contributed by atoms with E-state index >= 15 is 0 Å². The third-order valence-electron chi connectivity index (χ3n) is 3.12. The molecule has 0 bridgehead atoms. The van der Waals surface area contributed by atoms with Gasteiger partial charge in [-0.05, 0) is 25.8 Å². The molecule has 2 rings (SSSR count). The van der Waals surface area contributed by atoms with Gasteiger partial charge in [0.25, 0.3) is 0 Å². The number of benzene rings is 1. The summed E-state index contributed by atoms with van der Waals surface area (Å²) >= 11 is 0. The van der Waals surface area contributed by atoms with Crippen LogP contribution in [0.1, 0.15) is 31.4 Å². The van der Waals surface area contributed by atoms with Crippen molar-refractivity contribution in [3.63, 3.8) is 0 Å². The Balaban J connectivity index is 2.22. The molecule has 0 spiro atoms. The number of ether oxygens (including phenoxy) is 3. The Kier molecular flexibility index (Phi) is 4.44. The molecule has 1 fully saturated rings. The summed E-state index contributed by atoms with van der Waals surface area (Å²) in [4.78, 5) is 0. The molecule has 4 nitrogen and oxygen atoms in total. The van der Waals surface area contributed by atoms with Crippen LogP contribution in [0.3, 0.4) is 0 Å². The summed E-state index contributed by atoms with van der Waals surface area (Å²) in [5.74, 6) is 1.49. The summed E-state index contributed by atoms with van der Waals surface area (Å²) in [6.45, 7) is 3.40. The van der Waals surface area contributed by atoms with Gasteiger partial charge in [-0.3, -0.25) is 0 Å². The van der Waals surface area contributed by atoms with Crippen molar-refractivity contribution in [2.24, 2.45) is 5.73 Å². The first-order valence-electron chi connectivity index (χ1n) is 6.39. The van der Waals surface area contributed by atoms with Crippen LogP contribution in [0.4, 0.5) is 0 Å². The standard InChI is InChI=1S/C14H21NO3/c1-10(15)12-6-3-7-13(16-2)14(12)18-11-5-4-8-17-9-11/h3,6-7,10-11H,4-5,8-9,15H2,1-2H3. The fraction of sp³-hybridized carbons (Fsp3) is 0.571. The van der Waals surface area contributed by atoms with Crippen LogP contribution >= 0.6 is 0 Å². The molecule has 0 aromatic heterocycles. The van der Waals surface area contributed by atoms with Crippen molar-refractivity contribution in [2.75, 3.05) is 20.3 Å². The van der Waals surface area contributed by atoms with Crippen molar-refractivity contribution >= 4 is 0 Å². The Hall–Kier alpha value is -1.26. The highest BCUT2D eigenvalue weighted by Gasteiger charge is 2.20. The van der Waals surface area contributed by atoms with Crippen LogP contribution < -0.4 is 15.2 Å². The molecule has 1 saturated heterocycles. The van der Waals surface area contributed by atoms with Crippen molar-refractivity contribution in [1.82, 2.24) is 0 Å². The maximum Gasteiger partial charge on any atom is 0.166 e. The molecule has 0 amide bonds. The van der Waals surface area contributed by atoms with Gasteiger partial charge in [0.1, 0.15) is 6.10 Å². The maximum absolute atomic E-state index is 6.04. The molecule has 1 heterocycles. The molecule has 1 aromatic rings. The zero-order chi connectivity index (χ0) is 13.0. The average molecular weight is 251 g/mol. The molecule has 2 atom stereocenters. The van der Waals surface area contributed by atoms with Crippen LogP contribution in [0.15, 0.2) is 18.2 Å². The van der Waals surface area contributed by atoms with E-state index in [2.05, 4.69) is 0 Å². The van der Waals surface area contributed by atoms with Crippen molar-refractivity contribution in [1.29, 1.82) is 0 Å². The lowest BCUT2D eigenvalue weighted by molar-refractivity contribution is 0.00592. The minimum atomic E-state index is -0.0837. The minimum absolute atomic E-state index is 0.0837. The fourth-order valence-electron chi connectivity index (χ4n) is 2.15. The topological polar surface area (TPSA) is 53.7 Å². The molecule has 1 aromatic carbocycles. The summed E-state index contributed by atoms with van der Waals surface area (Å²) < 4.78 is 16.8. The smallest absolute Gasteiger partial charge is 0.166 e. The SMILES string of the molecule is COc1cccc(C(C)N)c1OC1CCCOC1. The quantitative estimate of drug-likeness (QED) is 0.892. The number of hydrogen-bond acceptors (Lipinski definition) is 4. The fourth-order valence-corrected chi connectivity index (χ4v) is 2.15. The predicted molar refractivity (Wildman–Crippen MR) is 70.1 cm³/mol. The second-order valence-electron chi connectivity index (χ2n) is 4.62. The van der Waals surface area contributed by atoms with Crippen LogP contribution in [0.2, 0.25) is 0 Å². The first kappa shape index (κ1) is 13.2. The number of hydrogen-bond donors (Lipinski definition) is 1. The highest BCUT2D eigenvalue weighted by molar-refractivity contribution is 5.48. The largest absolute Gasteiger partial charge is 0.493 e. The molecular weight excluding hydrogens is 230 g/mol. The lowest BCUT2D eigenvalue weighted by Gasteiger charge is -2.26. The lowest BCUT2D eigenvalue weighted by atomic mass is 10.1. The zero-order valence-electron chi connectivity index (χ0n) is 11.0. The molecule has 0 radical (unpaired) electrons. The van der Waals surface area contributed by atoms with Crippen molar-refractivity contribution in [3.8, 4) is 11.5 Å². The van der Waals surface area contributed by atoms with E-state index in [-0.39, 0.29) is 12.1 Å². The number of rotatable bonds is 4. The molecule has 0 aliphatic carbocycles. The number of methoxy groups -OCH3 is 1. The Labute approximate surface area is 108 Å². The third-order valence-corrected chi connectivity index (χ3v) is 3.12. The van der Waals surface area contributed by atoms with Gasteiger partial charge in [-0.1, -0.05) is 12.1 Å². The van der Waals surface area contributed by atoms with Crippen LogP contribution in [-0.2, 0) is 4.74 Å². The van der Waals surface area contributed by atoms with E-state index in [1.807, 2.05) is 25.1 Å². The van der Waals surface area contributed by atoms with Gasteiger partial charge in [0.2, 0.25) is 0 Å². The van der Waals surface area contributed by atoms with E-state index < -0.39 is 0 Å². The van der Waals surface area contributed by atoms with Gasteiger partial charge in [0, 0.05) is 18.2 Å². The monoisotopic (exact) mass is 251 g/mol. The van der Waals surface area contributed by atoms with E-state index in [9.17, 15) is 0 Å².